The summed E-state index contributed by atoms with van der Waals surface area (Å²) in [6, 6.07) is 14.9. The normalized spacial score (nSPS) is 16.7. The third-order valence-electron chi connectivity index (χ3n) is 4.16. The second-order valence-corrected chi connectivity index (χ2v) is 5.72. The Morgan fingerprint density at radius 2 is 1.81 bits per heavy atom. The minimum absolute atomic E-state index is 0.961. The monoisotopic (exact) mass is 281 g/mol. The highest BCUT2D eigenvalue weighted by Gasteiger charge is 2.16. The molecular weight excluding hydrogens is 258 g/mol. The molecule has 0 bridgehead atoms. The number of hydrogen-bond donors (Lipinski definition) is 0. The first-order valence-corrected chi connectivity index (χ1v) is 7.76. The van der Waals surface area contributed by atoms with Crippen molar-refractivity contribution < 1.29 is 0 Å². The fourth-order valence-corrected chi connectivity index (χ4v) is 3.01. The van der Waals surface area contributed by atoms with Crippen LogP contribution in [0.15, 0.2) is 48.7 Å². The predicted molar refractivity (Wildman–Crippen MR) is 87.5 cm³/mol. The molecule has 2 heterocycles. The van der Waals surface area contributed by atoms with Crippen LogP contribution in [0, 0.1) is 6.92 Å². The molecule has 21 heavy (non-hydrogen) atoms. The minimum atomic E-state index is 0.961. The molecular formula is C18H23N3. The minimum Gasteiger partial charge on any atom is -0.370 e. The number of rotatable bonds is 3. The lowest BCUT2D eigenvalue weighted by Crippen LogP contribution is -2.31. The van der Waals surface area contributed by atoms with Crippen molar-refractivity contribution in [2.45, 2.75) is 19.9 Å². The zero-order valence-corrected chi connectivity index (χ0v) is 12.7. The average molecular weight is 281 g/mol. The fraction of sp³-hybridized carbons (Fsp3) is 0.389. The standard InChI is InChI=1S/C18H23N3/c1-16-7-2-3-9-18(16)21-12-6-11-20(13-14-21)15-17-8-4-5-10-19-17/h2-5,7-10H,6,11-15H2,1H3. The second-order valence-electron chi connectivity index (χ2n) is 5.72. The van der Waals surface area contributed by atoms with Crippen molar-refractivity contribution in [1.82, 2.24) is 9.88 Å². The lowest BCUT2D eigenvalue weighted by atomic mass is 10.2. The first-order chi connectivity index (χ1) is 10.3. The molecule has 110 valence electrons. The summed E-state index contributed by atoms with van der Waals surface area (Å²) in [7, 11) is 0. The van der Waals surface area contributed by atoms with Gasteiger partial charge in [-0.2, -0.15) is 0 Å². The molecule has 1 aliphatic rings. The molecule has 0 radical (unpaired) electrons. The van der Waals surface area contributed by atoms with Gasteiger partial charge in [0.05, 0.1) is 5.69 Å². The Balaban J connectivity index is 1.63. The number of aryl methyl sites for hydroxylation is 1. The first kappa shape index (κ1) is 14.1. The van der Waals surface area contributed by atoms with Gasteiger partial charge in [0.2, 0.25) is 0 Å². The summed E-state index contributed by atoms with van der Waals surface area (Å²) in [5, 5.41) is 0. The third kappa shape index (κ3) is 3.61. The van der Waals surface area contributed by atoms with Gasteiger partial charge in [-0.25, -0.2) is 0 Å². The molecule has 1 aliphatic heterocycles. The van der Waals surface area contributed by atoms with Gasteiger partial charge in [-0.05, 0) is 37.1 Å². The van der Waals surface area contributed by atoms with E-state index in [-0.39, 0.29) is 0 Å². The van der Waals surface area contributed by atoms with Crippen LogP contribution in [0.2, 0.25) is 0 Å². The number of pyridine rings is 1. The van der Waals surface area contributed by atoms with Gasteiger partial charge in [0.1, 0.15) is 0 Å². The molecule has 1 fully saturated rings. The number of hydrogen-bond acceptors (Lipinski definition) is 3. The highest BCUT2D eigenvalue weighted by molar-refractivity contribution is 5.53. The summed E-state index contributed by atoms with van der Waals surface area (Å²) in [5.41, 5.74) is 3.93. The van der Waals surface area contributed by atoms with Crippen molar-refractivity contribution in [2.75, 3.05) is 31.1 Å². The topological polar surface area (TPSA) is 19.4 Å². The molecule has 3 rings (SSSR count). The van der Waals surface area contributed by atoms with E-state index < -0.39 is 0 Å². The van der Waals surface area contributed by atoms with Gasteiger partial charge >= 0.3 is 0 Å². The van der Waals surface area contributed by atoms with Crippen molar-refractivity contribution in [1.29, 1.82) is 0 Å². The van der Waals surface area contributed by atoms with Crippen LogP contribution in [0.5, 0.6) is 0 Å². The summed E-state index contributed by atoms with van der Waals surface area (Å²) in [4.78, 5) is 9.48. The Kier molecular flexibility index (Phi) is 4.51. The van der Waals surface area contributed by atoms with E-state index in [1.54, 1.807) is 0 Å². The largest absolute Gasteiger partial charge is 0.370 e. The van der Waals surface area contributed by atoms with E-state index in [9.17, 15) is 0 Å². The first-order valence-electron chi connectivity index (χ1n) is 7.76. The maximum Gasteiger partial charge on any atom is 0.0543 e. The number of aromatic nitrogens is 1. The molecule has 1 saturated heterocycles. The quantitative estimate of drug-likeness (QED) is 0.862. The molecule has 2 aromatic rings. The van der Waals surface area contributed by atoms with E-state index in [1.165, 1.54) is 23.4 Å². The maximum absolute atomic E-state index is 4.44. The summed E-state index contributed by atoms with van der Waals surface area (Å²) >= 11 is 0. The molecule has 1 aromatic heterocycles. The average Bonchev–Trinajstić information content (AvgIpc) is 2.74. The number of benzene rings is 1. The Morgan fingerprint density at radius 1 is 0.952 bits per heavy atom. The Bertz CT molecular complexity index is 568. The van der Waals surface area contributed by atoms with Crippen molar-refractivity contribution in [3.63, 3.8) is 0 Å². The Labute approximate surface area is 127 Å². The van der Waals surface area contributed by atoms with Crippen LogP contribution < -0.4 is 4.90 Å². The van der Waals surface area contributed by atoms with Gasteiger partial charge in [0, 0.05) is 44.6 Å². The van der Waals surface area contributed by atoms with Crippen LogP contribution in [-0.2, 0) is 6.54 Å². The number of nitrogens with zero attached hydrogens (tertiary/aromatic N) is 3. The van der Waals surface area contributed by atoms with E-state index >= 15 is 0 Å². The molecule has 0 amide bonds. The van der Waals surface area contributed by atoms with Crippen LogP contribution in [-0.4, -0.2) is 36.1 Å². The van der Waals surface area contributed by atoms with Crippen LogP contribution in [0.1, 0.15) is 17.7 Å². The second kappa shape index (κ2) is 6.72. The molecule has 3 nitrogen and oxygen atoms in total. The lowest BCUT2D eigenvalue weighted by Gasteiger charge is -2.25. The van der Waals surface area contributed by atoms with E-state index in [1.807, 2.05) is 12.3 Å². The van der Waals surface area contributed by atoms with Crippen molar-refractivity contribution in [3.05, 3.63) is 59.9 Å². The highest BCUT2D eigenvalue weighted by atomic mass is 15.2. The summed E-state index contributed by atoms with van der Waals surface area (Å²) in [6.07, 6.45) is 3.09. The Morgan fingerprint density at radius 3 is 2.62 bits per heavy atom. The smallest absolute Gasteiger partial charge is 0.0543 e. The van der Waals surface area contributed by atoms with Crippen LogP contribution in [0.4, 0.5) is 5.69 Å². The van der Waals surface area contributed by atoms with Gasteiger partial charge < -0.3 is 4.90 Å². The van der Waals surface area contributed by atoms with Crippen LogP contribution >= 0.6 is 0 Å². The lowest BCUT2D eigenvalue weighted by molar-refractivity contribution is 0.282. The van der Waals surface area contributed by atoms with Gasteiger partial charge in [0.25, 0.3) is 0 Å². The van der Waals surface area contributed by atoms with Crippen molar-refractivity contribution in [2.24, 2.45) is 0 Å². The molecule has 0 aliphatic carbocycles. The molecule has 0 spiro atoms. The molecule has 1 aromatic carbocycles. The van der Waals surface area contributed by atoms with Crippen LogP contribution in [0.25, 0.3) is 0 Å². The summed E-state index contributed by atoms with van der Waals surface area (Å²) in [6.45, 7) is 7.65. The SMILES string of the molecule is Cc1ccccc1N1CCCN(Cc2ccccn2)CC1. The van der Waals surface area contributed by atoms with E-state index in [0.717, 1.165) is 32.7 Å². The summed E-state index contributed by atoms with van der Waals surface area (Å²) in [5.74, 6) is 0. The number of para-hydroxylation sites is 1. The predicted octanol–water partition coefficient (Wildman–Crippen LogP) is 3.10. The number of anilines is 1. The Hall–Kier alpha value is -1.87. The molecule has 0 atom stereocenters. The highest BCUT2D eigenvalue weighted by Crippen LogP contribution is 2.21. The van der Waals surface area contributed by atoms with Gasteiger partial charge in [-0.15, -0.1) is 0 Å². The summed E-state index contributed by atoms with van der Waals surface area (Å²) < 4.78 is 0. The van der Waals surface area contributed by atoms with Crippen LogP contribution in [0.3, 0.4) is 0 Å². The van der Waals surface area contributed by atoms with Crippen molar-refractivity contribution in [3.8, 4) is 0 Å². The van der Waals surface area contributed by atoms with E-state index in [4.69, 9.17) is 0 Å². The zero-order valence-electron chi connectivity index (χ0n) is 12.7. The molecule has 0 unspecified atom stereocenters. The fourth-order valence-electron chi connectivity index (χ4n) is 3.01. The van der Waals surface area contributed by atoms with Crippen molar-refractivity contribution >= 4 is 5.69 Å². The van der Waals surface area contributed by atoms with E-state index in [2.05, 4.69) is 58.1 Å². The zero-order chi connectivity index (χ0) is 14.5. The maximum atomic E-state index is 4.44. The molecule has 0 N–H and O–H groups in total. The molecule has 3 heteroatoms. The third-order valence-corrected chi connectivity index (χ3v) is 4.16. The van der Waals surface area contributed by atoms with Gasteiger partial charge in [-0.1, -0.05) is 24.3 Å². The molecule has 0 saturated carbocycles. The van der Waals surface area contributed by atoms with Gasteiger partial charge in [0.15, 0.2) is 0 Å². The van der Waals surface area contributed by atoms with Gasteiger partial charge in [-0.3, -0.25) is 9.88 Å². The van der Waals surface area contributed by atoms with E-state index in [0.29, 0.717) is 0 Å².